The summed E-state index contributed by atoms with van der Waals surface area (Å²) in [5, 5.41) is 3.85. The van der Waals surface area contributed by atoms with Crippen molar-refractivity contribution in [2.24, 2.45) is 0 Å². The maximum atomic E-state index is 12.5. The summed E-state index contributed by atoms with van der Waals surface area (Å²) in [5.74, 6) is 0.894. The predicted molar refractivity (Wildman–Crippen MR) is 99.0 cm³/mol. The number of hydrogen-bond donors (Lipinski definition) is 1. The predicted octanol–water partition coefficient (Wildman–Crippen LogP) is 2.25. The number of benzene rings is 1. The molecule has 25 heavy (non-hydrogen) atoms. The lowest BCUT2D eigenvalue weighted by molar-refractivity contribution is -0.122. The van der Waals surface area contributed by atoms with Gasteiger partial charge in [0, 0.05) is 44.8 Å². The van der Waals surface area contributed by atoms with E-state index in [9.17, 15) is 4.79 Å². The third-order valence-corrected chi connectivity index (χ3v) is 5.08. The van der Waals surface area contributed by atoms with Gasteiger partial charge in [0.15, 0.2) is 0 Å². The van der Waals surface area contributed by atoms with E-state index in [1.165, 1.54) is 17.1 Å². The van der Waals surface area contributed by atoms with E-state index in [0.717, 1.165) is 43.2 Å². The van der Waals surface area contributed by atoms with Crippen molar-refractivity contribution in [3.05, 3.63) is 41.7 Å². The molecule has 6 nitrogen and oxygen atoms in total. The lowest BCUT2D eigenvalue weighted by atomic mass is 10.1. The molecule has 0 radical (unpaired) electrons. The van der Waals surface area contributed by atoms with Gasteiger partial charge in [0.25, 0.3) is 0 Å². The molecular formula is C18H24N4O2S. The Kier molecular flexibility index (Phi) is 6.36. The molecule has 1 saturated heterocycles. The zero-order chi connectivity index (χ0) is 17.5. The van der Waals surface area contributed by atoms with Crippen LogP contribution in [-0.2, 0) is 16.0 Å². The Bertz CT molecular complexity index is 677. The van der Waals surface area contributed by atoms with Crippen LogP contribution in [0.1, 0.15) is 30.7 Å². The van der Waals surface area contributed by atoms with Crippen molar-refractivity contribution >= 4 is 22.6 Å². The van der Waals surface area contributed by atoms with Crippen LogP contribution in [0, 0.1) is 0 Å². The first-order valence-electron chi connectivity index (χ1n) is 8.67. The van der Waals surface area contributed by atoms with Gasteiger partial charge in [-0.2, -0.15) is 4.37 Å². The molecule has 7 heteroatoms. The van der Waals surface area contributed by atoms with E-state index in [4.69, 9.17) is 4.74 Å². The van der Waals surface area contributed by atoms with Gasteiger partial charge in [-0.3, -0.25) is 4.79 Å². The maximum Gasteiger partial charge on any atom is 0.242 e. The lowest BCUT2D eigenvalue weighted by Gasteiger charge is -2.22. The second-order valence-electron chi connectivity index (χ2n) is 6.14. The minimum absolute atomic E-state index is 0.0772. The van der Waals surface area contributed by atoms with Gasteiger partial charge >= 0.3 is 0 Å². The number of ether oxygens (including phenoxy) is 1. The van der Waals surface area contributed by atoms with E-state index in [2.05, 4.69) is 31.7 Å². The lowest BCUT2D eigenvalue weighted by Crippen LogP contribution is -2.43. The zero-order valence-electron chi connectivity index (χ0n) is 14.5. The Morgan fingerprint density at radius 1 is 1.40 bits per heavy atom. The average molecular weight is 360 g/mol. The third kappa shape index (κ3) is 4.76. The Hall–Kier alpha value is -1.99. The van der Waals surface area contributed by atoms with Gasteiger partial charge in [-0.15, -0.1) is 0 Å². The second kappa shape index (κ2) is 8.92. The molecule has 0 saturated carbocycles. The van der Waals surface area contributed by atoms with Gasteiger partial charge in [0.05, 0.1) is 0 Å². The molecule has 1 N–H and O–H groups in total. The van der Waals surface area contributed by atoms with Crippen LogP contribution in [0.4, 0.5) is 5.13 Å². The first kappa shape index (κ1) is 17.8. The number of rotatable bonds is 8. The molecule has 1 amide bonds. The number of anilines is 1. The summed E-state index contributed by atoms with van der Waals surface area (Å²) in [5.41, 5.74) is 1.20. The van der Waals surface area contributed by atoms with Gasteiger partial charge in [-0.05, 0) is 24.8 Å². The number of carbonyl (C=O) groups is 1. The maximum absolute atomic E-state index is 12.5. The van der Waals surface area contributed by atoms with Crippen LogP contribution in [0.15, 0.2) is 30.3 Å². The molecule has 134 valence electrons. The Morgan fingerprint density at radius 2 is 2.24 bits per heavy atom. The Labute approximate surface area is 152 Å². The van der Waals surface area contributed by atoms with Crippen LogP contribution >= 0.6 is 11.5 Å². The van der Waals surface area contributed by atoms with Crippen molar-refractivity contribution in [1.29, 1.82) is 0 Å². The van der Waals surface area contributed by atoms with Crippen LogP contribution in [-0.4, -0.2) is 48.1 Å². The van der Waals surface area contributed by atoms with Gasteiger partial charge in [-0.1, -0.05) is 30.3 Å². The molecule has 1 aliphatic rings. The fourth-order valence-corrected chi connectivity index (χ4v) is 3.79. The second-order valence-corrected chi connectivity index (χ2v) is 6.87. The molecule has 0 bridgehead atoms. The standard InChI is InChI=1S/C18H24N4O2S/c1-24-12-6-10-19-17(23)15-9-5-11-22(15)18-20-16(21-25-18)13-14-7-3-2-4-8-14/h2-4,7-8,15H,5-6,9-13H2,1H3,(H,19,23). The molecule has 1 aromatic heterocycles. The number of amides is 1. The topological polar surface area (TPSA) is 67.3 Å². The number of aromatic nitrogens is 2. The molecule has 2 aromatic rings. The largest absolute Gasteiger partial charge is 0.385 e. The molecule has 3 rings (SSSR count). The highest BCUT2D eigenvalue weighted by atomic mass is 32.1. The average Bonchev–Trinajstić information content (AvgIpc) is 3.28. The van der Waals surface area contributed by atoms with Crippen molar-refractivity contribution in [3.8, 4) is 0 Å². The first-order valence-corrected chi connectivity index (χ1v) is 9.45. The highest BCUT2D eigenvalue weighted by Gasteiger charge is 2.32. The molecule has 1 atom stereocenters. The van der Waals surface area contributed by atoms with Gasteiger partial charge < -0.3 is 15.0 Å². The summed E-state index contributed by atoms with van der Waals surface area (Å²) in [4.78, 5) is 19.2. The minimum Gasteiger partial charge on any atom is -0.385 e. The fraction of sp³-hybridized carbons (Fsp3) is 0.500. The SMILES string of the molecule is COCCCNC(=O)C1CCCN1c1nc(Cc2ccccc2)ns1. The molecule has 0 aliphatic carbocycles. The summed E-state index contributed by atoms with van der Waals surface area (Å²) in [6.07, 6.45) is 3.42. The van der Waals surface area contributed by atoms with Crippen molar-refractivity contribution in [1.82, 2.24) is 14.7 Å². The highest BCUT2D eigenvalue weighted by molar-refractivity contribution is 7.09. The van der Waals surface area contributed by atoms with Gasteiger partial charge in [-0.25, -0.2) is 4.98 Å². The van der Waals surface area contributed by atoms with Gasteiger partial charge in [0.2, 0.25) is 11.0 Å². The molecule has 2 heterocycles. The van der Waals surface area contributed by atoms with Crippen molar-refractivity contribution < 1.29 is 9.53 Å². The number of nitrogens with zero attached hydrogens (tertiary/aromatic N) is 3. The van der Waals surface area contributed by atoms with Crippen LogP contribution < -0.4 is 10.2 Å². The minimum atomic E-state index is -0.139. The van der Waals surface area contributed by atoms with Crippen LogP contribution in [0.2, 0.25) is 0 Å². The van der Waals surface area contributed by atoms with Crippen LogP contribution in [0.5, 0.6) is 0 Å². The van der Waals surface area contributed by atoms with Crippen molar-refractivity contribution in [3.63, 3.8) is 0 Å². The van der Waals surface area contributed by atoms with E-state index in [1.54, 1.807) is 7.11 Å². The fourth-order valence-electron chi connectivity index (χ4n) is 3.03. The van der Waals surface area contributed by atoms with E-state index >= 15 is 0 Å². The van der Waals surface area contributed by atoms with E-state index < -0.39 is 0 Å². The smallest absolute Gasteiger partial charge is 0.242 e. The first-order chi connectivity index (χ1) is 12.3. The monoisotopic (exact) mass is 360 g/mol. The van der Waals surface area contributed by atoms with Gasteiger partial charge in [0.1, 0.15) is 11.9 Å². The molecule has 0 spiro atoms. The molecule has 1 fully saturated rings. The molecule has 1 unspecified atom stereocenters. The van der Waals surface area contributed by atoms with Crippen molar-refractivity contribution in [2.45, 2.75) is 31.7 Å². The number of hydrogen-bond acceptors (Lipinski definition) is 6. The summed E-state index contributed by atoms with van der Waals surface area (Å²) in [6, 6.07) is 10.1. The van der Waals surface area contributed by atoms with Crippen LogP contribution in [0.3, 0.4) is 0 Å². The summed E-state index contributed by atoms with van der Waals surface area (Å²) < 4.78 is 9.49. The quantitative estimate of drug-likeness (QED) is 0.732. The summed E-state index contributed by atoms with van der Waals surface area (Å²) in [6.45, 7) is 2.16. The molecular weight excluding hydrogens is 336 g/mol. The number of carbonyl (C=O) groups excluding carboxylic acids is 1. The van der Waals surface area contributed by atoms with E-state index in [0.29, 0.717) is 13.2 Å². The molecule has 1 aliphatic heterocycles. The summed E-state index contributed by atoms with van der Waals surface area (Å²) >= 11 is 1.38. The number of methoxy groups -OCH3 is 1. The Balaban J connectivity index is 1.59. The van der Waals surface area contributed by atoms with Crippen molar-refractivity contribution in [2.75, 3.05) is 31.7 Å². The summed E-state index contributed by atoms with van der Waals surface area (Å²) in [7, 11) is 1.67. The normalized spacial score (nSPS) is 17.0. The van der Waals surface area contributed by atoms with E-state index in [-0.39, 0.29) is 11.9 Å². The highest BCUT2D eigenvalue weighted by Crippen LogP contribution is 2.27. The zero-order valence-corrected chi connectivity index (χ0v) is 15.3. The molecule has 1 aromatic carbocycles. The Morgan fingerprint density at radius 3 is 3.04 bits per heavy atom. The third-order valence-electron chi connectivity index (χ3n) is 4.29. The van der Waals surface area contributed by atoms with Crippen LogP contribution in [0.25, 0.3) is 0 Å². The number of nitrogens with one attached hydrogen (secondary N) is 1. The van der Waals surface area contributed by atoms with E-state index in [1.807, 2.05) is 18.2 Å².